The number of hydrogen-bond acceptors (Lipinski definition) is 5. The maximum atomic E-state index is 10.5. The predicted octanol–water partition coefficient (Wildman–Crippen LogP) is 2.96. The van der Waals surface area contributed by atoms with Crippen LogP contribution in [-0.4, -0.2) is 28.6 Å². The number of nitrogens with zero attached hydrogens (tertiary/aromatic N) is 2. The summed E-state index contributed by atoms with van der Waals surface area (Å²) in [6, 6.07) is 10.9. The van der Waals surface area contributed by atoms with Crippen molar-refractivity contribution in [2.24, 2.45) is 0 Å². The number of aromatic nitrogens is 2. The van der Waals surface area contributed by atoms with Gasteiger partial charge >= 0.3 is 0 Å². The van der Waals surface area contributed by atoms with Crippen LogP contribution in [0.25, 0.3) is 0 Å². The molecule has 0 saturated carbocycles. The second kappa shape index (κ2) is 5.81. The summed E-state index contributed by atoms with van der Waals surface area (Å²) < 4.78 is 17.9. The van der Waals surface area contributed by atoms with E-state index in [0.29, 0.717) is 17.1 Å². The number of phenols is 1. The Morgan fingerprint density at radius 3 is 2.58 bits per heavy atom. The summed E-state index contributed by atoms with van der Waals surface area (Å²) in [5.74, 6) is 2.10. The van der Waals surface area contributed by atoms with E-state index in [0.717, 1.165) is 11.3 Å². The van der Waals surface area contributed by atoms with Crippen molar-refractivity contribution in [3.63, 3.8) is 0 Å². The minimum Gasteiger partial charge on any atom is -0.507 e. The molecule has 1 aromatic heterocycles. The smallest absolute Gasteiger partial charge is 0.231 e. The summed E-state index contributed by atoms with van der Waals surface area (Å²) in [7, 11) is 1.63. The van der Waals surface area contributed by atoms with Crippen LogP contribution in [0.3, 0.4) is 0 Å². The topological polar surface area (TPSA) is 65.7 Å². The SMILES string of the molecule is COc1ccc([C@H](c2cc3c(cc2O)OCO3)n2ccnc2)cc1. The van der Waals surface area contributed by atoms with Crippen molar-refractivity contribution in [1.29, 1.82) is 0 Å². The van der Waals surface area contributed by atoms with Crippen molar-refractivity contribution in [2.45, 2.75) is 6.04 Å². The maximum Gasteiger partial charge on any atom is 0.231 e. The van der Waals surface area contributed by atoms with Crippen LogP contribution in [-0.2, 0) is 0 Å². The molecule has 1 N–H and O–H groups in total. The number of imidazole rings is 1. The quantitative estimate of drug-likeness (QED) is 0.799. The average Bonchev–Trinajstić information content (AvgIpc) is 3.27. The Labute approximate surface area is 138 Å². The van der Waals surface area contributed by atoms with Crippen LogP contribution in [0, 0.1) is 0 Å². The van der Waals surface area contributed by atoms with E-state index in [4.69, 9.17) is 14.2 Å². The third-order valence-corrected chi connectivity index (χ3v) is 4.07. The molecule has 3 aromatic rings. The van der Waals surface area contributed by atoms with Crippen LogP contribution in [0.2, 0.25) is 0 Å². The molecule has 1 aliphatic rings. The summed E-state index contributed by atoms with van der Waals surface area (Å²) in [6.45, 7) is 0.163. The summed E-state index contributed by atoms with van der Waals surface area (Å²) >= 11 is 0. The Kier molecular flexibility index (Phi) is 3.49. The molecule has 6 heteroatoms. The third kappa shape index (κ3) is 2.42. The summed E-state index contributed by atoms with van der Waals surface area (Å²) in [5.41, 5.74) is 1.70. The molecule has 0 aliphatic carbocycles. The number of phenolic OH excluding ortho intramolecular Hbond substituents is 1. The van der Waals surface area contributed by atoms with Gasteiger partial charge in [0.1, 0.15) is 11.5 Å². The molecule has 0 unspecified atom stereocenters. The molecule has 2 aromatic carbocycles. The molecule has 24 heavy (non-hydrogen) atoms. The van der Waals surface area contributed by atoms with Gasteiger partial charge in [-0.3, -0.25) is 0 Å². The highest BCUT2D eigenvalue weighted by atomic mass is 16.7. The predicted molar refractivity (Wildman–Crippen MR) is 86.7 cm³/mol. The number of hydrogen-bond donors (Lipinski definition) is 1. The molecule has 6 nitrogen and oxygen atoms in total. The lowest BCUT2D eigenvalue weighted by molar-refractivity contribution is 0.174. The van der Waals surface area contributed by atoms with Crippen molar-refractivity contribution in [2.75, 3.05) is 13.9 Å². The van der Waals surface area contributed by atoms with Gasteiger partial charge in [0.25, 0.3) is 0 Å². The molecular weight excluding hydrogens is 308 g/mol. The van der Waals surface area contributed by atoms with Gasteiger partial charge in [-0.15, -0.1) is 0 Å². The monoisotopic (exact) mass is 324 g/mol. The van der Waals surface area contributed by atoms with Crippen LogP contribution >= 0.6 is 0 Å². The van der Waals surface area contributed by atoms with Gasteiger partial charge in [0.05, 0.1) is 19.5 Å². The molecule has 0 amide bonds. The van der Waals surface area contributed by atoms with Gasteiger partial charge < -0.3 is 23.9 Å². The Hall–Kier alpha value is -3.15. The van der Waals surface area contributed by atoms with Gasteiger partial charge in [0.2, 0.25) is 6.79 Å². The van der Waals surface area contributed by atoms with Crippen LogP contribution in [0.1, 0.15) is 17.2 Å². The summed E-state index contributed by atoms with van der Waals surface area (Å²) in [6.07, 6.45) is 5.29. The van der Waals surface area contributed by atoms with E-state index in [1.807, 2.05) is 41.1 Å². The van der Waals surface area contributed by atoms with Crippen molar-refractivity contribution >= 4 is 0 Å². The number of methoxy groups -OCH3 is 1. The van der Waals surface area contributed by atoms with Crippen molar-refractivity contribution in [3.8, 4) is 23.0 Å². The van der Waals surface area contributed by atoms with Crippen LogP contribution < -0.4 is 14.2 Å². The second-order valence-electron chi connectivity index (χ2n) is 5.45. The van der Waals surface area contributed by atoms with E-state index in [-0.39, 0.29) is 18.6 Å². The van der Waals surface area contributed by atoms with Crippen molar-refractivity contribution < 1.29 is 19.3 Å². The van der Waals surface area contributed by atoms with E-state index < -0.39 is 0 Å². The highest BCUT2D eigenvalue weighted by molar-refractivity contribution is 5.54. The van der Waals surface area contributed by atoms with Gasteiger partial charge in [-0.2, -0.15) is 0 Å². The number of aromatic hydroxyl groups is 1. The molecule has 0 bridgehead atoms. The molecule has 4 rings (SSSR count). The average molecular weight is 324 g/mol. The number of benzene rings is 2. The van der Waals surface area contributed by atoms with Crippen LogP contribution in [0.15, 0.2) is 55.1 Å². The van der Waals surface area contributed by atoms with E-state index in [1.54, 1.807) is 25.7 Å². The van der Waals surface area contributed by atoms with E-state index in [2.05, 4.69) is 4.98 Å². The van der Waals surface area contributed by atoms with Gasteiger partial charge in [0, 0.05) is 24.0 Å². The third-order valence-electron chi connectivity index (χ3n) is 4.07. The lowest BCUT2D eigenvalue weighted by Gasteiger charge is -2.21. The first-order valence-corrected chi connectivity index (χ1v) is 7.50. The fourth-order valence-electron chi connectivity index (χ4n) is 2.89. The molecule has 0 spiro atoms. The standard InChI is InChI=1S/C18H16N2O4/c1-22-13-4-2-12(3-5-13)18(20-7-6-19-10-20)14-8-16-17(9-15(14)21)24-11-23-16/h2-10,18,21H,11H2,1H3/t18-/m1/s1. The van der Waals surface area contributed by atoms with Crippen LogP contribution in [0.4, 0.5) is 0 Å². The highest BCUT2D eigenvalue weighted by Crippen LogP contribution is 2.42. The lowest BCUT2D eigenvalue weighted by atomic mass is 9.97. The first-order chi connectivity index (χ1) is 11.8. The first-order valence-electron chi connectivity index (χ1n) is 7.50. The Morgan fingerprint density at radius 1 is 1.17 bits per heavy atom. The first kappa shape index (κ1) is 14.4. The van der Waals surface area contributed by atoms with Crippen molar-refractivity contribution in [1.82, 2.24) is 9.55 Å². The number of ether oxygens (including phenoxy) is 3. The second-order valence-corrected chi connectivity index (χ2v) is 5.45. The molecule has 1 atom stereocenters. The number of rotatable bonds is 4. The Bertz CT molecular complexity index is 844. The Balaban J connectivity index is 1.84. The van der Waals surface area contributed by atoms with E-state index >= 15 is 0 Å². The van der Waals surface area contributed by atoms with E-state index in [1.165, 1.54) is 0 Å². The number of fused-ring (bicyclic) bond motifs is 1. The zero-order chi connectivity index (χ0) is 16.5. The fraction of sp³-hybridized carbons (Fsp3) is 0.167. The summed E-state index contributed by atoms with van der Waals surface area (Å²) in [5, 5.41) is 10.5. The molecule has 0 fully saturated rings. The van der Waals surface area contributed by atoms with E-state index in [9.17, 15) is 5.11 Å². The van der Waals surface area contributed by atoms with Gasteiger partial charge in [-0.1, -0.05) is 12.1 Å². The highest BCUT2D eigenvalue weighted by Gasteiger charge is 2.24. The molecule has 0 saturated heterocycles. The minimum atomic E-state index is -0.243. The zero-order valence-corrected chi connectivity index (χ0v) is 13.0. The van der Waals surface area contributed by atoms with Gasteiger partial charge in [-0.25, -0.2) is 4.98 Å². The minimum absolute atomic E-state index is 0.147. The maximum absolute atomic E-state index is 10.5. The Morgan fingerprint density at radius 2 is 1.92 bits per heavy atom. The molecule has 0 radical (unpaired) electrons. The van der Waals surface area contributed by atoms with Crippen LogP contribution in [0.5, 0.6) is 23.0 Å². The largest absolute Gasteiger partial charge is 0.507 e. The summed E-state index contributed by atoms with van der Waals surface area (Å²) in [4.78, 5) is 4.13. The zero-order valence-electron chi connectivity index (χ0n) is 13.0. The molecule has 1 aliphatic heterocycles. The molecular formula is C18H16N2O4. The molecule has 122 valence electrons. The normalized spacial score (nSPS) is 13.7. The van der Waals surface area contributed by atoms with Gasteiger partial charge in [0.15, 0.2) is 11.5 Å². The van der Waals surface area contributed by atoms with Gasteiger partial charge in [-0.05, 0) is 23.8 Å². The fourth-order valence-corrected chi connectivity index (χ4v) is 2.89. The lowest BCUT2D eigenvalue weighted by Crippen LogP contribution is -2.11. The van der Waals surface area contributed by atoms with Crippen molar-refractivity contribution in [3.05, 3.63) is 66.2 Å². The molecule has 2 heterocycles.